The van der Waals surface area contributed by atoms with Crippen LogP contribution in [0, 0.1) is 0 Å². The van der Waals surface area contributed by atoms with Crippen molar-refractivity contribution in [2.75, 3.05) is 39.3 Å². The van der Waals surface area contributed by atoms with E-state index in [2.05, 4.69) is 31.8 Å². The van der Waals surface area contributed by atoms with Crippen molar-refractivity contribution in [2.24, 2.45) is 0 Å². The normalized spacial score (nSPS) is 18.3. The number of likely N-dealkylation sites (tertiary alicyclic amines) is 1. The standard InChI is InChI=1S/C28H37BrClN3O3/c1-28(2,3)36-27(34)33-16-14-32(15-17-33)25-10-12-31(13-11-25)19-22-18-23(29)6-9-26(22)35-20-21-4-7-24(30)8-5-21/h4-9,18,25H,10-17,19-20H2,1-3H3. The van der Waals surface area contributed by atoms with Crippen molar-refractivity contribution in [1.29, 1.82) is 0 Å². The Labute approximate surface area is 228 Å². The number of hydrogen-bond acceptors (Lipinski definition) is 5. The molecule has 0 aliphatic carbocycles. The zero-order chi connectivity index (χ0) is 25.7. The average molecular weight is 579 g/mol. The smallest absolute Gasteiger partial charge is 0.410 e. The van der Waals surface area contributed by atoms with Crippen LogP contribution >= 0.6 is 27.5 Å². The molecule has 0 unspecified atom stereocenters. The molecule has 2 fully saturated rings. The second kappa shape index (κ2) is 12.2. The molecule has 2 aromatic rings. The van der Waals surface area contributed by atoms with E-state index in [1.54, 1.807) is 0 Å². The Morgan fingerprint density at radius 3 is 2.31 bits per heavy atom. The highest BCUT2D eigenvalue weighted by molar-refractivity contribution is 9.10. The fourth-order valence-electron chi connectivity index (χ4n) is 4.83. The molecule has 0 aromatic heterocycles. The number of benzene rings is 2. The minimum absolute atomic E-state index is 0.194. The van der Waals surface area contributed by atoms with Gasteiger partial charge in [0.2, 0.25) is 0 Å². The summed E-state index contributed by atoms with van der Waals surface area (Å²) in [6.45, 7) is 12.5. The van der Waals surface area contributed by atoms with E-state index in [4.69, 9.17) is 21.1 Å². The van der Waals surface area contributed by atoms with Gasteiger partial charge in [0.15, 0.2) is 0 Å². The summed E-state index contributed by atoms with van der Waals surface area (Å²) in [5.41, 5.74) is 1.85. The molecule has 2 saturated heterocycles. The van der Waals surface area contributed by atoms with Crippen LogP contribution in [0.25, 0.3) is 0 Å². The van der Waals surface area contributed by atoms with Gasteiger partial charge in [0.1, 0.15) is 18.0 Å². The zero-order valence-corrected chi connectivity index (χ0v) is 23.9. The Morgan fingerprint density at radius 2 is 1.67 bits per heavy atom. The largest absolute Gasteiger partial charge is 0.489 e. The van der Waals surface area contributed by atoms with Crippen molar-refractivity contribution in [3.8, 4) is 5.75 Å². The molecule has 2 aliphatic heterocycles. The molecule has 0 radical (unpaired) electrons. The molecule has 8 heteroatoms. The molecule has 0 bridgehead atoms. The van der Waals surface area contributed by atoms with Crippen molar-refractivity contribution in [2.45, 2.75) is 58.4 Å². The number of piperidine rings is 1. The maximum absolute atomic E-state index is 12.4. The predicted molar refractivity (Wildman–Crippen MR) is 148 cm³/mol. The van der Waals surface area contributed by atoms with Gasteiger partial charge in [-0.3, -0.25) is 9.80 Å². The van der Waals surface area contributed by atoms with Gasteiger partial charge in [-0.25, -0.2) is 4.79 Å². The molecular formula is C28H37BrClN3O3. The van der Waals surface area contributed by atoms with Gasteiger partial charge in [0.05, 0.1) is 0 Å². The summed E-state index contributed by atoms with van der Waals surface area (Å²) in [6, 6.07) is 14.6. The molecule has 0 atom stereocenters. The molecule has 196 valence electrons. The van der Waals surface area contributed by atoms with Crippen LogP contribution in [0.3, 0.4) is 0 Å². The van der Waals surface area contributed by atoms with Crippen LogP contribution in [0.4, 0.5) is 4.79 Å². The van der Waals surface area contributed by atoms with Crippen LogP contribution in [-0.4, -0.2) is 71.7 Å². The Bertz CT molecular complexity index is 1010. The number of carbonyl (C=O) groups excluding carboxylic acids is 1. The minimum atomic E-state index is -0.448. The van der Waals surface area contributed by atoms with E-state index in [1.807, 2.05) is 62.1 Å². The lowest BCUT2D eigenvalue weighted by Crippen LogP contribution is -2.54. The second-order valence-corrected chi connectivity index (χ2v) is 12.0. The van der Waals surface area contributed by atoms with E-state index >= 15 is 0 Å². The molecule has 2 heterocycles. The third-order valence-corrected chi connectivity index (χ3v) is 7.51. The van der Waals surface area contributed by atoms with E-state index in [1.165, 1.54) is 5.56 Å². The first kappa shape index (κ1) is 27.2. The van der Waals surface area contributed by atoms with Crippen LogP contribution in [0.1, 0.15) is 44.7 Å². The monoisotopic (exact) mass is 577 g/mol. The van der Waals surface area contributed by atoms with Gasteiger partial charge >= 0.3 is 6.09 Å². The fourth-order valence-corrected chi connectivity index (χ4v) is 5.37. The van der Waals surface area contributed by atoms with Crippen LogP contribution in [0.15, 0.2) is 46.9 Å². The van der Waals surface area contributed by atoms with Gasteiger partial charge in [-0.1, -0.05) is 39.7 Å². The van der Waals surface area contributed by atoms with Gasteiger partial charge in [-0.15, -0.1) is 0 Å². The molecule has 4 rings (SSSR count). The Kier molecular flexibility index (Phi) is 9.20. The SMILES string of the molecule is CC(C)(C)OC(=O)N1CCN(C2CCN(Cc3cc(Br)ccc3OCc3ccc(Cl)cc3)CC2)CC1. The molecule has 2 aromatic carbocycles. The highest BCUT2D eigenvalue weighted by Gasteiger charge is 2.30. The van der Waals surface area contributed by atoms with Crippen molar-refractivity contribution in [3.63, 3.8) is 0 Å². The Morgan fingerprint density at radius 1 is 1.00 bits per heavy atom. The number of ether oxygens (including phenoxy) is 2. The molecule has 0 spiro atoms. The summed E-state index contributed by atoms with van der Waals surface area (Å²) in [6.07, 6.45) is 2.09. The molecular weight excluding hydrogens is 542 g/mol. The maximum atomic E-state index is 12.4. The van der Waals surface area contributed by atoms with Crippen LogP contribution in [-0.2, 0) is 17.9 Å². The number of hydrogen-bond donors (Lipinski definition) is 0. The molecule has 0 N–H and O–H groups in total. The number of halogens is 2. The first-order chi connectivity index (χ1) is 17.2. The van der Waals surface area contributed by atoms with Gasteiger partial charge < -0.3 is 14.4 Å². The van der Waals surface area contributed by atoms with Crippen LogP contribution in [0.2, 0.25) is 5.02 Å². The van der Waals surface area contributed by atoms with E-state index in [0.29, 0.717) is 12.6 Å². The van der Waals surface area contributed by atoms with Gasteiger partial charge in [-0.2, -0.15) is 0 Å². The molecule has 36 heavy (non-hydrogen) atoms. The van der Waals surface area contributed by atoms with E-state index in [0.717, 1.165) is 79.5 Å². The second-order valence-electron chi connectivity index (χ2n) is 10.7. The molecule has 2 aliphatic rings. The van der Waals surface area contributed by atoms with Crippen molar-refractivity contribution >= 4 is 33.6 Å². The highest BCUT2D eigenvalue weighted by atomic mass is 79.9. The van der Waals surface area contributed by atoms with Gasteiger partial charge in [0.25, 0.3) is 0 Å². The van der Waals surface area contributed by atoms with Crippen molar-refractivity contribution in [1.82, 2.24) is 14.7 Å². The summed E-state index contributed by atoms with van der Waals surface area (Å²) < 4.78 is 12.8. The Balaban J connectivity index is 1.26. The van der Waals surface area contributed by atoms with Gasteiger partial charge in [-0.05, 0) is 82.6 Å². The topological polar surface area (TPSA) is 45.2 Å². The van der Waals surface area contributed by atoms with Crippen molar-refractivity contribution < 1.29 is 14.3 Å². The summed E-state index contributed by atoms with van der Waals surface area (Å²) in [4.78, 5) is 19.3. The number of rotatable bonds is 6. The predicted octanol–water partition coefficient (Wildman–Crippen LogP) is 6.20. The summed E-state index contributed by atoms with van der Waals surface area (Å²) in [5, 5.41) is 0.733. The number of piperazine rings is 1. The summed E-state index contributed by atoms with van der Waals surface area (Å²) in [5.74, 6) is 0.925. The Hall–Kier alpha value is -1.80. The average Bonchev–Trinajstić information content (AvgIpc) is 2.84. The van der Waals surface area contributed by atoms with Crippen molar-refractivity contribution in [3.05, 3.63) is 63.1 Å². The summed E-state index contributed by atoms with van der Waals surface area (Å²) >= 11 is 9.63. The van der Waals surface area contributed by atoms with E-state index in [-0.39, 0.29) is 6.09 Å². The highest BCUT2D eigenvalue weighted by Crippen LogP contribution is 2.28. The lowest BCUT2D eigenvalue weighted by atomic mass is 10.0. The molecule has 6 nitrogen and oxygen atoms in total. The summed E-state index contributed by atoms with van der Waals surface area (Å²) in [7, 11) is 0. The van der Waals surface area contributed by atoms with E-state index < -0.39 is 5.60 Å². The first-order valence-electron chi connectivity index (χ1n) is 12.8. The lowest BCUT2D eigenvalue weighted by molar-refractivity contribution is 0.00555. The van der Waals surface area contributed by atoms with Gasteiger partial charge in [0, 0.05) is 53.8 Å². The fraction of sp³-hybridized carbons (Fsp3) is 0.536. The number of nitrogens with zero attached hydrogens (tertiary/aromatic N) is 3. The molecule has 0 saturated carbocycles. The van der Waals surface area contributed by atoms with E-state index in [9.17, 15) is 4.79 Å². The maximum Gasteiger partial charge on any atom is 0.410 e. The van der Waals surface area contributed by atoms with Crippen LogP contribution < -0.4 is 4.74 Å². The quantitative estimate of drug-likeness (QED) is 0.409. The third-order valence-electron chi connectivity index (χ3n) is 6.76. The third kappa shape index (κ3) is 7.85. The number of carbonyl (C=O) groups is 1. The zero-order valence-electron chi connectivity index (χ0n) is 21.5. The molecule has 1 amide bonds. The first-order valence-corrected chi connectivity index (χ1v) is 13.9. The van der Waals surface area contributed by atoms with Crippen LogP contribution in [0.5, 0.6) is 5.75 Å². The number of amides is 1. The minimum Gasteiger partial charge on any atom is -0.489 e. The lowest BCUT2D eigenvalue weighted by Gasteiger charge is -2.42.